The molecule has 3 atom stereocenters. The van der Waals surface area contributed by atoms with Gasteiger partial charge in [-0.15, -0.1) is 0 Å². The maximum absolute atomic E-state index is 11.3. The van der Waals surface area contributed by atoms with E-state index in [2.05, 4.69) is 63.8 Å². The van der Waals surface area contributed by atoms with Crippen LogP contribution in [0.25, 0.3) is 0 Å². The van der Waals surface area contributed by atoms with E-state index >= 15 is 0 Å². The molecule has 2 rings (SSSR count). The van der Waals surface area contributed by atoms with Crippen LogP contribution in [0.3, 0.4) is 0 Å². The summed E-state index contributed by atoms with van der Waals surface area (Å²) >= 11 is 0. The van der Waals surface area contributed by atoms with Crippen LogP contribution in [0.2, 0.25) is 0 Å². The van der Waals surface area contributed by atoms with Gasteiger partial charge >= 0.3 is 5.97 Å². The highest BCUT2D eigenvalue weighted by molar-refractivity contribution is 5.70. The van der Waals surface area contributed by atoms with E-state index in [1.165, 1.54) is 11.1 Å². The van der Waals surface area contributed by atoms with Gasteiger partial charge in [0.25, 0.3) is 0 Å². The van der Waals surface area contributed by atoms with Crippen LogP contribution >= 0.6 is 0 Å². The van der Waals surface area contributed by atoms with E-state index in [4.69, 9.17) is 0 Å². The predicted octanol–water partition coefficient (Wildman–Crippen LogP) is 4.09. The fourth-order valence-electron chi connectivity index (χ4n) is 3.36. The van der Waals surface area contributed by atoms with Crippen molar-refractivity contribution >= 4 is 5.97 Å². The summed E-state index contributed by atoms with van der Waals surface area (Å²) in [5, 5.41) is 9.33. The van der Waals surface area contributed by atoms with Crippen LogP contribution in [0.1, 0.15) is 58.2 Å². The van der Waals surface area contributed by atoms with Crippen LogP contribution < -0.4 is 0 Å². The van der Waals surface area contributed by atoms with Gasteiger partial charge in [-0.3, -0.25) is 9.69 Å². The molecule has 3 heteroatoms. The average Bonchev–Trinajstić information content (AvgIpc) is 2.45. The molecule has 122 valence electrons. The zero-order valence-electron chi connectivity index (χ0n) is 14.5. The van der Waals surface area contributed by atoms with Crippen molar-refractivity contribution in [1.82, 2.24) is 4.90 Å². The van der Waals surface area contributed by atoms with Gasteiger partial charge in [0.15, 0.2) is 0 Å². The number of carboxylic acid groups (broad SMARTS) is 1. The van der Waals surface area contributed by atoms with Gasteiger partial charge in [-0.05, 0) is 35.8 Å². The lowest BCUT2D eigenvalue weighted by atomic mass is 9.85. The van der Waals surface area contributed by atoms with Crippen LogP contribution in [-0.2, 0) is 10.2 Å². The Morgan fingerprint density at radius 2 is 1.82 bits per heavy atom. The molecule has 0 spiro atoms. The Hall–Kier alpha value is -1.35. The maximum Gasteiger partial charge on any atom is 0.307 e. The molecule has 1 saturated heterocycles. The molecule has 1 aromatic carbocycles. The lowest BCUT2D eigenvalue weighted by Gasteiger charge is -2.38. The summed E-state index contributed by atoms with van der Waals surface area (Å²) in [7, 11) is 0. The number of rotatable bonds is 3. The van der Waals surface area contributed by atoms with Crippen molar-refractivity contribution < 1.29 is 9.90 Å². The molecule has 0 aromatic heterocycles. The van der Waals surface area contributed by atoms with E-state index in [-0.39, 0.29) is 17.4 Å². The zero-order valence-corrected chi connectivity index (χ0v) is 14.5. The molecular weight excluding hydrogens is 274 g/mol. The molecule has 1 heterocycles. The molecule has 0 saturated carbocycles. The lowest BCUT2D eigenvalue weighted by Crippen LogP contribution is -2.43. The quantitative estimate of drug-likeness (QED) is 0.914. The van der Waals surface area contributed by atoms with Gasteiger partial charge in [0, 0.05) is 19.1 Å². The first kappa shape index (κ1) is 17.0. The molecule has 22 heavy (non-hydrogen) atoms. The Bertz CT molecular complexity index is 515. The second-order valence-corrected chi connectivity index (χ2v) is 7.88. The summed E-state index contributed by atoms with van der Waals surface area (Å²) in [5.74, 6) is -0.460. The standard InChI is InChI=1S/C19H29NO2/c1-13-10-16(18(21)22)12-20(11-13)14(2)15-6-8-17(9-7-15)19(3,4)5/h6-9,13-14,16H,10-12H2,1-5H3,(H,21,22). The third-order valence-corrected chi connectivity index (χ3v) is 4.84. The van der Waals surface area contributed by atoms with E-state index in [0.29, 0.717) is 12.5 Å². The summed E-state index contributed by atoms with van der Waals surface area (Å²) in [6, 6.07) is 9.06. The minimum absolute atomic E-state index is 0.163. The maximum atomic E-state index is 11.3. The van der Waals surface area contributed by atoms with Gasteiger partial charge in [-0.2, -0.15) is 0 Å². The highest BCUT2D eigenvalue weighted by Crippen LogP contribution is 2.30. The van der Waals surface area contributed by atoms with Gasteiger partial charge in [0.1, 0.15) is 0 Å². The van der Waals surface area contributed by atoms with Crippen LogP contribution in [0.5, 0.6) is 0 Å². The average molecular weight is 303 g/mol. The summed E-state index contributed by atoms with van der Waals surface area (Å²) in [4.78, 5) is 13.7. The van der Waals surface area contributed by atoms with Gasteiger partial charge in [-0.1, -0.05) is 52.0 Å². The highest BCUT2D eigenvalue weighted by Gasteiger charge is 2.32. The molecule has 1 aromatic rings. The monoisotopic (exact) mass is 303 g/mol. The van der Waals surface area contributed by atoms with Gasteiger partial charge in [-0.25, -0.2) is 0 Å². The molecule has 3 unspecified atom stereocenters. The Morgan fingerprint density at radius 3 is 2.32 bits per heavy atom. The topological polar surface area (TPSA) is 40.5 Å². The smallest absolute Gasteiger partial charge is 0.307 e. The number of carboxylic acids is 1. The van der Waals surface area contributed by atoms with Gasteiger partial charge < -0.3 is 5.11 Å². The number of piperidine rings is 1. The summed E-state index contributed by atoms with van der Waals surface area (Å²) in [6.45, 7) is 12.6. The number of hydrogen-bond acceptors (Lipinski definition) is 2. The number of benzene rings is 1. The Kier molecular flexibility index (Phi) is 4.96. The number of nitrogens with zero attached hydrogens (tertiary/aromatic N) is 1. The minimum Gasteiger partial charge on any atom is -0.481 e. The van der Waals surface area contributed by atoms with Crippen LogP contribution in [-0.4, -0.2) is 29.1 Å². The molecule has 3 nitrogen and oxygen atoms in total. The van der Waals surface area contributed by atoms with Gasteiger partial charge in [0.2, 0.25) is 0 Å². The third-order valence-electron chi connectivity index (χ3n) is 4.84. The first-order valence-electron chi connectivity index (χ1n) is 8.25. The van der Waals surface area contributed by atoms with E-state index in [1.807, 2.05) is 0 Å². The molecule has 0 bridgehead atoms. The number of aliphatic carboxylic acids is 1. The predicted molar refractivity (Wildman–Crippen MR) is 90.0 cm³/mol. The Morgan fingerprint density at radius 1 is 1.23 bits per heavy atom. The summed E-state index contributed by atoms with van der Waals surface area (Å²) in [5.41, 5.74) is 2.76. The molecule has 1 aliphatic rings. The fraction of sp³-hybridized carbons (Fsp3) is 0.632. The third kappa shape index (κ3) is 3.89. The molecule has 1 N–H and O–H groups in total. The van der Waals surface area contributed by atoms with Crippen LogP contribution in [0, 0.1) is 11.8 Å². The molecule has 1 aliphatic heterocycles. The van der Waals surface area contributed by atoms with Crippen molar-refractivity contribution in [2.45, 2.75) is 52.5 Å². The number of hydrogen-bond donors (Lipinski definition) is 1. The normalized spacial score (nSPS) is 25.0. The van der Waals surface area contributed by atoms with E-state index < -0.39 is 5.97 Å². The van der Waals surface area contributed by atoms with E-state index in [0.717, 1.165) is 13.0 Å². The number of likely N-dealkylation sites (tertiary alicyclic amines) is 1. The van der Waals surface area contributed by atoms with Crippen LogP contribution in [0.15, 0.2) is 24.3 Å². The van der Waals surface area contributed by atoms with Crippen molar-refractivity contribution in [3.8, 4) is 0 Å². The molecule has 1 fully saturated rings. The number of carbonyl (C=O) groups is 1. The van der Waals surface area contributed by atoms with Crippen molar-refractivity contribution in [3.63, 3.8) is 0 Å². The first-order chi connectivity index (χ1) is 10.2. The molecule has 0 radical (unpaired) electrons. The van der Waals surface area contributed by atoms with Crippen molar-refractivity contribution in [2.75, 3.05) is 13.1 Å². The molecule has 0 aliphatic carbocycles. The fourth-order valence-corrected chi connectivity index (χ4v) is 3.36. The van der Waals surface area contributed by atoms with Crippen molar-refractivity contribution in [2.24, 2.45) is 11.8 Å². The lowest BCUT2D eigenvalue weighted by molar-refractivity contribution is -0.144. The van der Waals surface area contributed by atoms with Crippen molar-refractivity contribution in [1.29, 1.82) is 0 Å². The second kappa shape index (κ2) is 6.41. The summed E-state index contributed by atoms with van der Waals surface area (Å²) in [6.07, 6.45) is 0.793. The molecule has 0 amide bonds. The second-order valence-electron chi connectivity index (χ2n) is 7.88. The minimum atomic E-state index is -0.660. The van der Waals surface area contributed by atoms with Crippen LogP contribution in [0.4, 0.5) is 0 Å². The SMILES string of the molecule is CC1CC(C(=O)O)CN(C(C)c2ccc(C(C)(C)C)cc2)C1. The van der Waals surface area contributed by atoms with Gasteiger partial charge in [0.05, 0.1) is 5.92 Å². The first-order valence-corrected chi connectivity index (χ1v) is 8.25. The van der Waals surface area contributed by atoms with Crippen molar-refractivity contribution in [3.05, 3.63) is 35.4 Å². The van der Waals surface area contributed by atoms with E-state index in [1.54, 1.807) is 0 Å². The highest BCUT2D eigenvalue weighted by atomic mass is 16.4. The Labute approximate surface area is 134 Å². The largest absolute Gasteiger partial charge is 0.481 e. The Balaban J connectivity index is 2.13. The molecular formula is C19H29NO2. The zero-order chi connectivity index (χ0) is 16.5. The van der Waals surface area contributed by atoms with E-state index in [9.17, 15) is 9.90 Å². The summed E-state index contributed by atoms with van der Waals surface area (Å²) < 4.78 is 0.